The van der Waals surface area contributed by atoms with Crippen molar-refractivity contribution in [2.75, 3.05) is 0 Å². The fourth-order valence-electron chi connectivity index (χ4n) is 7.41. The van der Waals surface area contributed by atoms with Crippen LogP contribution in [0.3, 0.4) is 0 Å². The molecule has 1 saturated carbocycles. The topological polar surface area (TPSA) is 51.8 Å². The van der Waals surface area contributed by atoms with Crippen LogP contribution in [-0.4, -0.2) is 23.0 Å². The van der Waals surface area contributed by atoms with Gasteiger partial charge in [-0.3, -0.25) is 0 Å². The predicted octanol–water partition coefficient (Wildman–Crippen LogP) is 11.8. The van der Waals surface area contributed by atoms with E-state index in [0.717, 1.165) is 63.3 Å². The van der Waals surface area contributed by atoms with Crippen LogP contribution in [0, 0.1) is 23.5 Å². The average molecular weight is 872 g/mol. The van der Waals surface area contributed by atoms with Gasteiger partial charge in [-0.05, 0) is 77.7 Å². The molecular formula is C45H53IrN3OSi-2. The second-order valence-corrected chi connectivity index (χ2v) is 21.4. The standard InChI is InChI=1S/C26H27N2O.C19H26NSi.Ir/c1-3-20-12-13-22-21-10-7-11-23(25(21)29-26(22)28-20)24-16-19(14-15-27-24)17(2)18-8-5-4-6-9-18;1-19(2,3)13-16-12-17(15-10-8-7-9-11-15)20-14-18(16)21(4,5)6;/h7,10,12-18H,3-6,8-9H2,1-2H3;7-10,12,14H,13H2,1-6H3;/q2*-1;. The van der Waals surface area contributed by atoms with Crippen molar-refractivity contribution in [2.45, 2.75) is 105 Å². The molecule has 269 valence electrons. The minimum Gasteiger partial charge on any atom is -0.486 e. The molecule has 1 unspecified atom stereocenters. The molecule has 1 aliphatic rings. The van der Waals surface area contributed by atoms with E-state index in [1.54, 1.807) is 0 Å². The van der Waals surface area contributed by atoms with Gasteiger partial charge in [0.05, 0.1) is 13.7 Å². The third kappa shape index (κ3) is 9.33. The smallest absolute Gasteiger partial charge is 0.216 e. The zero-order valence-electron chi connectivity index (χ0n) is 31.7. The maximum absolute atomic E-state index is 6.21. The van der Waals surface area contributed by atoms with Gasteiger partial charge >= 0.3 is 0 Å². The monoisotopic (exact) mass is 872 g/mol. The van der Waals surface area contributed by atoms with Crippen LogP contribution in [0.4, 0.5) is 0 Å². The Morgan fingerprint density at radius 1 is 0.882 bits per heavy atom. The first-order valence-electron chi connectivity index (χ1n) is 18.6. The number of pyridine rings is 3. The summed E-state index contributed by atoms with van der Waals surface area (Å²) in [5, 5.41) is 3.62. The van der Waals surface area contributed by atoms with Crippen LogP contribution < -0.4 is 5.19 Å². The molecule has 0 bridgehead atoms. The van der Waals surface area contributed by atoms with E-state index in [1.165, 1.54) is 48.4 Å². The first kappa shape index (κ1) is 38.8. The van der Waals surface area contributed by atoms with Gasteiger partial charge < -0.3 is 14.4 Å². The molecule has 0 amide bonds. The Morgan fingerprint density at radius 2 is 1.67 bits per heavy atom. The average Bonchev–Trinajstić information content (AvgIpc) is 3.49. The first-order chi connectivity index (χ1) is 23.9. The number of rotatable bonds is 7. The molecule has 1 aliphatic carbocycles. The summed E-state index contributed by atoms with van der Waals surface area (Å²) in [7, 11) is -1.37. The minimum absolute atomic E-state index is 0. The Kier molecular flexibility index (Phi) is 12.5. The largest absolute Gasteiger partial charge is 0.486 e. The van der Waals surface area contributed by atoms with Crippen LogP contribution in [0.15, 0.2) is 83.5 Å². The maximum Gasteiger partial charge on any atom is 0.216 e. The fourth-order valence-corrected chi connectivity index (χ4v) is 8.99. The third-order valence-electron chi connectivity index (χ3n) is 10.1. The molecule has 6 heteroatoms. The molecular weight excluding hydrogens is 819 g/mol. The van der Waals surface area contributed by atoms with Crippen molar-refractivity contribution >= 4 is 35.3 Å². The third-order valence-corrected chi connectivity index (χ3v) is 12.2. The molecule has 0 spiro atoms. The van der Waals surface area contributed by atoms with Gasteiger partial charge in [-0.15, -0.1) is 54.1 Å². The number of nitrogens with zero attached hydrogens (tertiary/aromatic N) is 3. The van der Waals surface area contributed by atoms with E-state index in [0.29, 0.717) is 11.6 Å². The summed E-state index contributed by atoms with van der Waals surface area (Å²) in [6.45, 7) is 18.6. The number of hydrogen-bond donors (Lipinski definition) is 0. The van der Waals surface area contributed by atoms with Crippen LogP contribution in [0.1, 0.15) is 89.5 Å². The normalized spacial score (nSPS) is 14.5. The van der Waals surface area contributed by atoms with E-state index < -0.39 is 8.07 Å². The van der Waals surface area contributed by atoms with Crippen molar-refractivity contribution in [1.82, 2.24) is 15.0 Å². The summed E-state index contributed by atoms with van der Waals surface area (Å²) in [5.41, 5.74) is 9.67. The summed E-state index contributed by atoms with van der Waals surface area (Å²) in [6, 6.07) is 29.7. The predicted molar refractivity (Wildman–Crippen MR) is 213 cm³/mol. The van der Waals surface area contributed by atoms with Crippen molar-refractivity contribution in [2.24, 2.45) is 11.3 Å². The van der Waals surface area contributed by atoms with E-state index in [4.69, 9.17) is 9.40 Å². The van der Waals surface area contributed by atoms with Gasteiger partial charge in [0.1, 0.15) is 0 Å². The summed E-state index contributed by atoms with van der Waals surface area (Å²) in [5.74, 6) is 1.34. The Bertz CT molecular complexity index is 2050. The van der Waals surface area contributed by atoms with Gasteiger partial charge in [0.2, 0.25) is 5.71 Å². The van der Waals surface area contributed by atoms with Gasteiger partial charge in [-0.2, -0.15) is 0 Å². The number of benzene rings is 2. The second-order valence-electron chi connectivity index (χ2n) is 16.4. The molecule has 0 N–H and O–H groups in total. The van der Waals surface area contributed by atoms with Gasteiger partial charge in [0.25, 0.3) is 0 Å². The van der Waals surface area contributed by atoms with Gasteiger partial charge in [-0.1, -0.05) is 108 Å². The Hall–Kier alpha value is -3.44. The first-order valence-corrected chi connectivity index (χ1v) is 22.1. The Morgan fingerprint density at radius 3 is 2.35 bits per heavy atom. The van der Waals surface area contributed by atoms with E-state index >= 15 is 0 Å². The van der Waals surface area contributed by atoms with Crippen LogP contribution in [0.5, 0.6) is 0 Å². The van der Waals surface area contributed by atoms with Crippen molar-refractivity contribution in [3.63, 3.8) is 0 Å². The van der Waals surface area contributed by atoms with Crippen molar-refractivity contribution in [3.8, 4) is 22.5 Å². The molecule has 4 heterocycles. The second kappa shape index (κ2) is 16.5. The van der Waals surface area contributed by atoms with Crippen LogP contribution >= 0.6 is 0 Å². The summed E-state index contributed by atoms with van der Waals surface area (Å²) < 4.78 is 6.21. The summed E-state index contributed by atoms with van der Waals surface area (Å²) in [6.07, 6.45) is 12.9. The SMILES string of the molecule is CC(C)(C)Cc1cc(-c2[c-]cccc2)ncc1[Si](C)(C)C.CCc1ccc2c(n1)oc1c(-c3cc(C(C)C4CCCCC4)ccn3)[c-]ccc12.[Ir]. The van der Waals surface area contributed by atoms with Crippen LogP contribution in [0.25, 0.3) is 44.6 Å². The van der Waals surface area contributed by atoms with E-state index in [-0.39, 0.29) is 25.5 Å². The zero-order chi connectivity index (χ0) is 35.5. The number of hydrogen-bond acceptors (Lipinski definition) is 4. The van der Waals surface area contributed by atoms with Crippen LogP contribution in [-0.2, 0) is 32.9 Å². The molecule has 0 aliphatic heterocycles. The molecule has 1 atom stereocenters. The summed E-state index contributed by atoms with van der Waals surface area (Å²) >= 11 is 0. The molecule has 2 aromatic carbocycles. The van der Waals surface area contributed by atoms with Crippen LogP contribution in [0.2, 0.25) is 19.6 Å². The molecule has 7 rings (SSSR count). The Balaban J connectivity index is 0.000000205. The molecule has 0 saturated heterocycles. The molecule has 4 aromatic heterocycles. The molecule has 1 radical (unpaired) electrons. The van der Waals surface area contributed by atoms with E-state index in [2.05, 4.69) is 125 Å². The van der Waals surface area contributed by atoms with E-state index in [1.807, 2.05) is 30.5 Å². The maximum atomic E-state index is 6.21. The van der Waals surface area contributed by atoms with E-state index in [9.17, 15) is 0 Å². The number of aromatic nitrogens is 3. The number of fused-ring (bicyclic) bond motifs is 3. The van der Waals surface area contributed by atoms with Gasteiger partial charge in [0.15, 0.2) is 0 Å². The van der Waals surface area contributed by atoms with Gasteiger partial charge in [0, 0.05) is 43.6 Å². The number of furan rings is 1. The zero-order valence-corrected chi connectivity index (χ0v) is 35.1. The fraction of sp³-hybridized carbons (Fsp3) is 0.400. The summed E-state index contributed by atoms with van der Waals surface area (Å²) in [4.78, 5) is 14.1. The molecule has 51 heavy (non-hydrogen) atoms. The molecule has 1 fully saturated rings. The minimum atomic E-state index is -1.37. The van der Waals surface area contributed by atoms with Crippen molar-refractivity contribution in [1.29, 1.82) is 0 Å². The van der Waals surface area contributed by atoms with Gasteiger partial charge in [-0.25, -0.2) is 4.98 Å². The van der Waals surface area contributed by atoms with Crippen molar-refractivity contribution in [3.05, 3.63) is 108 Å². The Labute approximate surface area is 320 Å². The molecule has 6 aromatic rings. The quantitative estimate of drug-likeness (QED) is 0.118. The molecule has 4 nitrogen and oxygen atoms in total. The van der Waals surface area contributed by atoms with Crippen molar-refractivity contribution < 1.29 is 24.5 Å². The number of aryl methyl sites for hydroxylation is 1.